The molecule has 1 saturated heterocycles. The zero-order chi connectivity index (χ0) is 23.4. The van der Waals surface area contributed by atoms with Crippen molar-refractivity contribution in [2.24, 2.45) is 0 Å². The van der Waals surface area contributed by atoms with Crippen molar-refractivity contribution >= 4 is 18.0 Å². The molecule has 0 bridgehead atoms. The summed E-state index contributed by atoms with van der Waals surface area (Å²) in [6, 6.07) is 18.2. The number of amides is 1. The molecule has 0 saturated carbocycles. The van der Waals surface area contributed by atoms with Gasteiger partial charge >= 0.3 is 18.0 Å². The van der Waals surface area contributed by atoms with E-state index in [0.29, 0.717) is 5.56 Å². The molecule has 0 aromatic heterocycles. The fraction of sp³-hybridized carbons (Fsp3) is 0.400. The Kier molecular flexibility index (Phi) is 6.87. The van der Waals surface area contributed by atoms with Gasteiger partial charge in [-0.15, -0.1) is 0 Å². The second-order valence-electron chi connectivity index (χ2n) is 8.94. The molecule has 7 heteroatoms. The molecule has 32 heavy (non-hydrogen) atoms. The molecule has 1 heterocycles. The van der Waals surface area contributed by atoms with E-state index in [1.165, 1.54) is 4.90 Å². The Hall–Kier alpha value is -3.35. The van der Waals surface area contributed by atoms with Gasteiger partial charge in [0.05, 0.1) is 0 Å². The predicted octanol–water partition coefficient (Wildman–Crippen LogP) is 4.76. The summed E-state index contributed by atoms with van der Waals surface area (Å²) in [5.41, 5.74) is -0.572. The maximum Gasteiger partial charge on any atom is 0.414 e. The van der Waals surface area contributed by atoms with E-state index >= 15 is 0 Å². The van der Waals surface area contributed by atoms with Crippen molar-refractivity contribution in [3.8, 4) is 0 Å². The lowest BCUT2D eigenvalue weighted by Gasteiger charge is -2.32. The molecular weight excluding hydrogens is 410 g/mol. The van der Waals surface area contributed by atoms with Crippen LogP contribution in [-0.4, -0.2) is 34.1 Å². The molecule has 2 aromatic carbocycles. The van der Waals surface area contributed by atoms with Crippen LogP contribution in [0.3, 0.4) is 0 Å². The van der Waals surface area contributed by atoms with Gasteiger partial charge in [-0.3, -0.25) is 9.69 Å². The van der Waals surface area contributed by atoms with Crippen LogP contribution in [0.1, 0.15) is 57.9 Å². The minimum Gasteiger partial charge on any atom is -0.460 e. The lowest BCUT2D eigenvalue weighted by molar-refractivity contribution is -0.155. The number of carbonyl (C=O) groups is 3. The van der Waals surface area contributed by atoms with E-state index in [2.05, 4.69) is 0 Å². The van der Waals surface area contributed by atoms with E-state index in [1.54, 1.807) is 52.0 Å². The SMILES string of the molecule is CC(C)(C)OC(=O)CC[C@@]1(C)C(=O)O[C@H](c2ccccc2)N1C(=O)OCc1ccccc1. The van der Waals surface area contributed by atoms with Crippen LogP contribution >= 0.6 is 0 Å². The van der Waals surface area contributed by atoms with Crippen LogP contribution in [0.2, 0.25) is 0 Å². The highest BCUT2D eigenvalue weighted by molar-refractivity contribution is 5.89. The van der Waals surface area contributed by atoms with Crippen LogP contribution in [0, 0.1) is 0 Å². The first-order valence-corrected chi connectivity index (χ1v) is 10.6. The number of esters is 2. The third-order valence-electron chi connectivity index (χ3n) is 5.15. The summed E-state index contributed by atoms with van der Waals surface area (Å²) in [6.07, 6.45) is -1.65. The molecule has 0 radical (unpaired) electrons. The molecule has 170 valence electrons. The molecule has 1 amide bonds. The van der Waals surface area contributed by atoms with Crippen molar-refractivity contribution in [3.63, 3.8) is 0 Å². The molecule has 2 aromatic rings. The van der Waals surface area contributed by atoms with Gasteiger partial charge in [-0.2, -0.15) is 0 Å². The van der Waals surface area contributed by atoms with Gasteiger partial charge in [-0.1, -0.05) is 60.7 Å². The monoisotopic (exact) mass is 439 g/mol. The first kappa shape index (κ1) is 23.3. The van der Waals surface area contributed by atoms with Crippen molar-refractivity contribution < 1.29 is 28.6 Å². The summed E-state index contributed by atoms with van der Waals surface area (Å²) >= 11 is 0. The number of hydrogen-bond acceptors (Lipinski definition) is 6. The number of rotatable bonds is 6. The van der Waals surface area contributed by atoms with Gasteiger partial charge in [0.25, 0.3) is 0 Å². The molecular formula is C25H29NO6. The largest absolute Gasteiger partial charge is 0.460 e. The predicted molar refractivity (Wildman–Crippen MR) is 117 cm³/mol. The maximum atomic E-state index is 13.2. The van der Waals surface area contributed by atoms with Crippen LogP contribution in [0.25, 0.3) is 0 Å². The number of ether oxygens (including phenoxy) is 3. The maximum absolute atomic E-state index is 13.2. The topological polar surface area (TPSA) is 82.1 Å². The van der Waals surface area contributed by atoms with E-state index in [0.717, 1.165) is 5.56 Å². The average Bonchev–Trinajstić information content (AvgIpc) is 3.02. The number of carbonyl (C=O) groups excluding carboxylic acids is 3. The van der Waals surface area contributed by atoms with Crippen LogP contribution < -0.4 is 0 Å². The van der Waals surface area contributed by atoms with Crippen molar-refractivity contribution in [1.82, 2.24) is 4.90 Å². The van der Waals surface area contributed by atoms with E-state index in [9.17, 15) is 14.4 Å². The Bertz CT molecular complexity index is 953. The average molecular weight is 440 g/mol. The molecule has 0 unspecified atom stereocenters. The van der Waals surface area contributed by atoms with Gasteiger partial charge in [0.15, 0.2) is 0 Å². The summed E-state index contributed by atoms with van der Waals surface area (Å²) in [6.45, 7) is 6.96. The number of cyclic esters (lactones) is 1. The van der Waals surface area contributed by atoms with Gasteiger partial charge in [-0.25, -0.2) is 9.59 Å². The van der Waals surface area contributed by atoms with Gasteiger partial charge in [0, 0.05) is 12.0 Å². The van der Waals surface area contributed by atoms with Crippen molar-refractivity contribution in [2.75, 3.05) is 0 Å². The number of benzene rings is 2. The molecule has 2 atom stereocenters. The standard InChI is InChI=1S/C25H29NO6/c1-24(2,3)32-20(27)15-16-25(4)22(28)31-21(19-13-9-6-10-14-19)26(25)23(29)30-17-18-11-7-5-8-12-18/h5-14,21H,15-17H2,1-4H3/t21-,25+/m1/s1. The zero-order valence-electron chi connectivity index (χ0n) is 18.9. The van der Waals surface area contributed by atoms with Gasteiger partial charge in [0.1, 0.15) is 17.7 Å². The minimum absolute atomic E-state index is 0.0461. The molecule has 7 nitrogen and oxygen atoms in total. The quantitative estimate of drug-likeness (QED) is 0.477. The van der Waals surface area contributed by atoms with Crippen LogP contribution in [0.15, 0.2) is 60.7 Å². The lowest BCUT2D eigenvalue weighted by Crippen LogP contribution is -2.50. The Morgan fingerprint density at radius 2 is 1.62 bits per heavy atom. The Morgan fingerprint density at radius 1 is 1.03 bits per heavy atom. The minimum atomic E-state index is -1.38. The summed E-state index contributed by atoms with van der Waals surface area (Å²) in [5, 5.41) is 0. The molecule has 3 rings (SSSR count). The summed E-state index contributed by atoms with van der Waals surface area (Å²) in [7, 11) is 0. The fourth-order valence-electron chi connectivity index (χ4n) is 3.52. The normalized spacial score (nSPS) is 20.6. The van der Waals surface area contributed by atoms with Crippen LogP contribution in [0.5, 0.6) is 0 Å². The van der Waals surface area contributed by atoms with E-state index in [1.807, 2.05) is 36.4 Å². The molecule has 0 spiro atoms. The number of nitrogens with zero attached hydrogens (tertiary/aromatic N) is 1. The first-order valence-electron chi connectivity index (χ1n) is 10.6. The second-order valence-corrected chi connectivity index (χ2v) is 8.94. The van der Waals surface area contributed by atoms with Gasteiger partial charge in [-0.05, 0) is 39.7 Å². The van der Waals surface area contributed by atoms with E-state index < -0.39 is 35.4 Å². The third kappa shape index (κ3) is 5.46. The van der Waals surface area contributed by atoms with E-state index in [-0.39, 0.29) is 19.4 Å². The molecule has 1 aliphatic rings. The number of hydrogen-bond donors (Lipinski definition) is 0. The summed E-state index contributed by atoms with van der Waals surface area (Å²) in [5.74, 6) is -1.04. The Labute approximate surface area is 188 Å². The van der Waals surface area contributed by atoms with Crippen molar-refractivity contribution in [2.45, 2.75) is 64.5 Å². The highest BCUT2D eigenvalue weighted by Gasteiger charge is 2.55. The van der Waals surface area contributed by atoms with E-state index in [4.69, 9.17) is 14.2 Å². The molecule has 0 aliphatic carbocycles. The summed E-state index contributed by atoms with van der Waals surface area (Å²) < 4.78 is 16.5. The first-order chi connectivity index (χ1) is 15.1. The second kappa shape index (κ2) is 9.42. The Morgan fingerprint density at radius 3 is 2.22 bits per heavy atom. The van der Waals surface area contributed by atoms with Crippen LogP contribution in [-0.2, 0) is 30.4 Å². The lowest BCUT2D eigenvalue weighted by atomic mass is 9.94. The molecule has 1 aliphatic heterocycles. The summed E-state index contributed by atoms with van der Waals surface area (Å²) in [4.78, 5) is 39.7. The third-order valence-corrected chi connectivity index (χ3v) is 5.15. The molecule has 1 fully saturated rings. The van der Waals surface area contributed by atoms with Crippen molar-refractivity contribution in [3.05, 3.63) is 71.8 Å². The van der Waals surface area contributed by atoms with Gasteiger partial charge < -0.3 is 14.2 Å². The fourth-order valence-corrected chi connectivity index (χ4v) is 3.52. The van der Waals surface area contributed by atoms with Gasteiger partial charge in [0.2, 0.25) is 6.23 Å². The smallest absolute Gasteiger partial charge is 0.414 e. The highest BCUT2D eigenvalue weighted by atomic mass is 16.6. The van der Waals surface area contributed by atoms with Crippen LogP contribution in [0.4, 0.5) is 4.79 Å². The highest BCUT2D eigenvalue weighted by Crippen LogP contribution is 2.41. The Balaban J connectivity index is 1.83. The zero-order valence-corrected chi connectivity index (χ0v) is 18.9. The van der Waals surface area contributed by atoms with Crippen molar-refractivity contribution in [1.29, 1.82) is 0 Å². The molecule has 0 N–H and O–H groups in total.